The molecular weight excluding hydrogens is 256 g/mol. The van der Waals surface area contributed by atoms with Crippen molar-refractivity contribution in [2.75, 3.05) is 6.61 Å². The Balaban J connectivity index is 1.95. The second-order valence-corrected chi connectivity index (χ2v) is 5.58. The van der Waals surface area contributed by atoms with Crippen LogP contribution in [0.5, 0.6) is 5.75 Å². The van der Waals surface area contributed by atoms with Gasteiger partial charge >= 0.3 is 0 Å². The number of hydrogen-bond donors (Lipinski definition) is 0. The number of Topliss-reactive ketones (excluding diaryl/α,β-unsaturated/α-hetero) is 1. The number of carbonyl (C=O) groups excluding carboxylic acids is 1. The Morgan fingerprint density at radius 2 is 2.12 bits per heavy atom. The van der Waals surface area contributed by atoms with Crippen LogP contribution in [-0.2, 0) is 0 Å². The van der Waals surface area contributed by atoms with Crippen LogP contribution in [0.1, 0.15) is 21.2 Å². The molecule has 1 unspecified atom stereocenters. The molecule has 0 radical (unpaired) electrons. The maximum atomic E-state index is 12.3. The molecule has 3 rings (SSSR count). The van der Waals surface area contributed by atoms with E-state index in [1.54, 1.807) is 12.1 Å². The summed E-state index contributed by atoms with van der Waals surface area (Å²) in [6.45, 7) is 0.424. The van der Waals surface area contributed by atoms with E-state index in [-0.39, 0.29) is 11.7 Å². The van der Waals surface area contributed by atoms with Crippen molar-refractivity contribution in [2.24, 2.45) is 0 Å². The first kappa shape index (κ1) is 10.8. The van der Waals surface area contributed by atoms with Crippen LogP contribution in [-0.4, -0.2) is 12.4 Å². The van der Waals surface area contributed by atoms with Crippen LogP contribution in [0.3, 0.4) is 0 Å². The number of carbonyl (C=O) groups is 1. The Labute approximate surface area is 108 Å². The third-order valence-corrected chi connectivity index (χ3v) is 4.08. The van der Waals surface area contributed by atoms with Crippen molar-refractivity contribution in [1.82, 2.24) is 0 Å². The Kier molecular flexibility index (Phi) is 2.65. The van der Waals surface area contributed by atoms with Crippen LogP contribution < -0.4 is 4.74 Å². The fourth-order valence-corrected chi connectivity index (χ4v) is 3.04. The fourth-order valence-electron chi connectivity index (χ4n) is 2.00. The van der Waals surface area contributed by atoms with Crippen molar-refractivity contribution >= 4 is 28.7 Å². The van der Waals surface area contributed by atoms with Gasteiger partial charge in [0.05, 0.1) is 15.1 Å². The third-order valence-electron chi connectivity index (χ3n) is 2.83. The van der Waals surface area contributed by atoms with Crippen LogP contribution in [0, 0.1) is 0 Å². The fraction of sp³-hybridized carbons (Fsp3) is 0.154. The molecule has 2 aromatic rings. The van der Waals surface area contributed by atoms with Crippen LogP contribution >= 0.6 is 22.9 Å². The zero-order chi connectivity index (χ0) is 11.8. The second-order valence-electron chi connectivity index (χ2n) is 3.87. The summed E-state index contributed by atoms with van der Waals surface area (Å²) >= 11 is 7.16. The molecule has 0 amide bonds. The minimum Gasteiger partial charge on any atom is -0.492 e. The van der Waals surface area contributed by atoms with Gasteiger partial charge in [0, 0.05) is 5.56 Å². The second kappa shape index (κ2) is 4.17. The van der Waals surface area contributed by atoms with Crippen LogP contribution in [0.25, 0.3) is 0 Å². The van der Waals surface area contributed by atoms with Gasteiger partial charge in [-0.15, -0.1) is 11.3 Å². The number of ether oxygens (including phenoxy) is 1. The summed E-state index contributed by atoms with van der Waals surface area (Å²) in [5.74, 6) is 0.710. The van der Waals surface area contributed by atoms with Crippen molar-refractivity contribution in [3.05, 3.63) is 51.2 Å². The molecule has 86 valence electrons. The van der Waals surface area contributed by atoms with Crippen molar-refractivity contribution in [3.8, 4) is 5.75 Å². The number of hydrogen-bond acceptors (Lipinski definition) is 3. The van der Waals surface area contributed by atoms with Gasteiger partial charge in [-0.2, -0.15) is 0 Å². The highest BCUT2D eigenvalue weighted by Crippen LogP contribution is 2.37. The van der Waals surface area contributed by atoms with E-state index in [1.807, 2.05) is 24.3 Å². The van der Waals surface area contributed by atoms with E-state index in [4.69, 9.17) is 16.3 Å². The van der Waals surface area contributed by atoms with E-state index < -0.39 is 0 Å². The summed E-state index contributed by atoms with van der Waals surface area (Å²) in [6, 6.07) is 11.2. The first-order valence-electron chi connectivity index (χ1n) is 5.27. The van der Waals surface area contributed by atoms with E-state index in [1.165, 1.54) is 11.3 Å². The van der Waals surface area contributed by atoms with Crippen molar-refractivity contribution in [1.29, 1.82) is 0 Å². The number of fused-ring (bicyclic) bond motifs is 1. The van der Waals surface area contributed by atoms with Gasteiger partial charge in [-0.3, -0.25) is 4.79 Å². The van der Waals surface area contributed by atoms with Crippen LogP contribution in [0.2, 0.25) is 4.34 Å². The van der Waals surface area contributed by atoms with Crippen molar-refractivity contribution in [3.63, 3.8) is 0 Å². The van der Waals surface area contributed by atoms with E-state index in [0.29, 0.717) is 15.8 Å². The van der Waals surface area contributed by atoms with E-state index in [2.05, 4.69) is 0 Å². The van der Waals surface area contributed by atoms with Gasteiger partial charge in [-0.25, -0.2) is 0 Å². The largest absolute Gasteiger partial charge is 0.492 e. The standard InChI is InChI=1S/C13H9ClO2S/c14-12-6-5-11(17-12)13(15)9-7-16-10-4-2-1-3-8(9)10/h1-6,9H,7H2. The highest BCUT2D eigenvalue weighted by atomic mass is 35.5. The van der Waals surface area contributed by atoms with Crippen molar-refractivity contribution in [2.45, 2.75) is 5.92 Å². The molecule has 4 heteroatoms. The average Bonchev–Trinajstić information content (AvgIpc) is 2.94. The minimum absolute atomic E-state index is 0.0897. The number of thiophene rings is 1. The van der Waals surface area contributed by atoms with E-state index in [9.17, 15) is 4.79 Å². The first-order chi connectivity index (χ1) is 8.25. The number of rotatable bonds is 2. The highest BCUT2D eigenvalue weighted by molar-refractivity contribution is 7.18. The van der Waals surface area contributed by atoms with Gasteiger partial charge in [0.25, 0.3) is 0 Å². The number of benzene rings is 1. The predicted molar refractivity (Wildman–Crippen MR) is 68.3 cm³/mol. The summed E-state index contributed by atoms with van der Waals surface area (Å²) in [5.41, 5.74) is 0.974. The van der Waals surface area contributed by atoms with E-state index in [0.717, 1.165) is 11.3 Å². The van der Waals surface area contributed by atoms with Gasteiger partial charge in [0.2, 0.25) is 0 Å². The summed E-state index contributed by atoms with van der Waals surface area (Å²) in [5, 5.41) is 0. The molecule has 1 atom stereocenters. The molecule has 1 aliphatic heterocycles. The van der Waals surface area contributed by atoms with Crippen LogP contribution in [0.4, 0.5) is 0 Å². The number of halogens is 1. The lowest BCUT2D eigenvalue weighted by Gasteiger charge is -2.05. The van der Waals surface area contributed by atoms with Gasteiger partial charge in [-0.1, -0.05) is 29.8 Å². The van der Waals surface area contributed by atoms with E-state index >= 15 is 0 Å². The van der Waals surface area contributed by atoms with Crippen LogP contribution in [0.15, 0.2) is 36.4 Å². The average molecular weight is 265 g/mol. The molecule has 0 spiro atoms. The Morgan fingerprint density at radius 1 is 1.29 bits per heavy atom. The summed E-state index contributed by atoms with van der Waals surface area (Å²) in [6.07, 6.45) is 0. The lowest BCUT2D eigenvalue weighted by Crippen LogP contribution is -2.12. The molecule has 0 saturated carbocycles. The maximum absolute atomic E-state index is 12.3. The predicted octanol–water partition coefficient (Wildman–Crippen LogP) is 3.76. The Bertz CT molecular complexity index is 576. The number of ketones is 1. The Hall–Kier alpha value is -1.32. The van der Waals surface area contributed by atoms with Gasteiger partial charge in [0.1, 0.15) is 12.4 Å². The molecule has 0 N–H and O–H groups in total. The molecule has 1 aromatic heterocycles. The molecular formula is C13H9ClO2S. The smallest absolute Gasteiger partial charge is 0.183 e. The van der Waals surface area contributed by atoms with Gasteiger partial charge in [0.15, 0.2) is 5.78 Å². The first-order valence-corrected chi connectivity index (χ1v) is 6.46. The summed E-state index contributed by atoms with van der Waals surface area (Å²) < 4.78 is 6.15. The van der Waals surface area contributed by atoms with Crippen molar-refractivity contribution < 1.29 is 9.53 Å². The number of para-hydroxylation sites is 1. The summed E-state index contributed by atoms with van der Waals surface area (Å²) in [4.78, 5) is 13.0. The lowest BCUT2D eigenvalue weighted by molar-refractivity contribution is 0.0951. The molecule has 2 heterocycles. The molecule has 0 saturated heterocycles. The monoisotopic (exact) mass is 264 g/mol. The molecule has 1 aliphatic rings. The molecule has 0 aliphatic carbocycles. The quantitative estimate of drug-likeness (QED) is 0.772. The molecule has 0 fully saturated rings. The topological polar surface area (TPSA) is 26.3 Å². The zero-order valence-corrected chi connectivity index (χ0v) is 10.4. The molecule has 0 bridgehead atoms. The van der Waals surface area contributed by atoms with Gasteiger partial charge in [-0.05, 0) is 18.2 Å². The normalized spacial score (nSPS) is 17.6. The molecule has 2 nitrogen and oxygen atoms in total. The summed E-state index contributed by atoms with van der Waals surface area (Å²) in [7, 11) is 0. The molecule has 17 heavy (non-hydrogen) atoms. The van der Waals surface area contributed by atoms with Gasteiger partial charge < -0.3 is 4.74 Å². The SMILES string of the molecule is O=C(c1ccc(Cl)s1)C1COc2ccccc21. The molecule has 1 aromatic carbocycles. The highest BCUT2D eigenvalue weighted by Gasteiger charge is 2.31. The lowest BCUT2D eigenvalue weighted by atomic mass is 9.96. The third kappa shape index (κ3) is 1.85. The zero-order valence-electron chi connectivity index (χ0n) is 8.85. The Morgan fingerprint density at radius 3 is 2.88 bits per heavy atom. The maximum Gasteiger partial charge on any atom is 0.183 e. The minimum atomic E-state index is -0.194.